The summed E-state index contributed by atoms with van der Waals surface area (Å²) in [5.74, 6) is 0.983. The average molecular weight is 310 g/mol. The van der Waals surface area contributed by atoms with Gasteiger partial charge in [-0.25, -0.2) is 5.43 Å². The Balaban J connectivity index is 1.89. The first-order valence-corrected chi connectivity index (χ1v) is 7.67. The van der Waals surface area contributed by atoms with Crippen molar-refractivity contribution < 1.29 is 9.53 Å². The molecule has 0 spiro atoms. The number of rotatable bonds is 6. The van der Waals surface area contributed by atoms with Crippen molar-refractivity contribution in [2.75, 3.05) is 6.61 Å². The van der Waals surface area contributed by atoms with Crippen LogP contribution < -0.4 is 10.2 Å². The predicted octanol–water partition coefficient (Wildman–Crippen LogP) is 3.79. The second-order valence-corrected chi connectivity index (χ2v) is 5.84. The van der Waals surface area contributed by atoms with Gasteiger partial charge in [0, 0.05) is 5.56 Å². The van der Waals surface area contributed by atoms with Gasteiger partial charge in [0.05, 0.1) is 12.8 Å². The van der Waals surface area contributed by atoms with E-state index >= 15 is 0 Å². The van der Waals surface area contributed by atoms with Gasteiger partial charge in [-0.05, 0) is 42.7 Å². The lowest BCUT2D eigenvalue weighted by Crippen LogP contribution is -2.17. The van der Waals surface area contributed by atoms with Gasteiger partial charge in [-0.2, -0.15) is 5.10 Å². The van der Waals surface area contributed by atoms with E-state index in [1.165, 1.54) is 5.56 Å². The van der Waals surface area contributed by atoms with E-state index in [0.717, 1.165) is 11.3 Å². The van der Waals surface area contributed by atoms with E-state index in [-0.39, 0.29) is 5.91 Å². The van der Waals surface area contributed by atoms with Gasteiger partial charge in [0.1, 0.15) is 5.75 Å². The highest BCUT2D eigenvalue weighted by Gasteiger charge is 2.04. The first-order valence-electron chi connectivity index (χ1n) is 7.67. The van der Waals surface area contributed by atoms with Crippen molar-refractivity contribution in [3.05, 3.63) is 65.2 Å². The molecule has 0 aliphatic carbocycles. The van der Waals surface area contributed by atoms with Crippen molar-refractivity contribution in [2.24, 2.45) is 11.0 Å². The normalized spacial score (nSPS) is 11.0. The van der Waals surface area contributed by atoms with Crippen molar-refractivity contribution in [3.8, 4) is 5.75 Å². The summed E-state index contributed by atoms with van der Waals surface area (Å²) < 4.78 is 5.59. The number of ether oxygens (including phenoxy) is 1. The number of hydrogen-bond acceptors (Lipinski definition) is 3. The first-order chi connectivity index (χ1) is 11.0. The van der Waals surface area contributed by atoms with Crippen LogP contribution in [0.3, 0.4) is 0 Å². The average Bonchev–Trinajstić information content (AvgIpc) is 2.55. The summed E-state index contributed by atoms with van der Waals surface area (Å²) in [6.45, 7) is 6.87. The SMILES string of the molecule is Cc1ccc(/C=N/NC(=O)c2ccc(OCC(C)C)cc2)cc1. The molecule has 0 aromatic heterocycles. The third kappa shape index (κ3) is 5.58. The Kier molecular flexibility index (Phi) is 5.92. The zero-order chi connectivity index (χ0) is 16.7. The molecule has 2 rings (SSSR count). The number of benzene rings is 2. The van der Waals surface area contributed by atoms with E-state index in [2.05, 4.69) is 24.4 Å². The molecule has 0 heterocycles. The lowest BCUT2D eigenvalue weighted by atomic mass is 10.2. The van der Waals surface area contributed by atoms with Gasteiger partial charge in [0.15, 0.2) is 0 Å². The molecule has 0 atom stereocenters. The number of carbonyl (C=O) groups is 1. The molecule has 0 bridgehead atoms. The van der Waals surface area contributed by atoms with Crippen molar-refractivity contribution in [3.63, 3.8) is 0 Å². The zero-order valence-corrected chi connectivity index (χ0v) is 13.7. The second kappa shape index (κ2) is 8.13. The standard InChI is InChI=1S/C19H22N2O2/c1-14(2)13-23-18-10-8-17(9-11-18)19(22)21-20-12-16-6-4-15(3)5-7-16/h4-12,14H,13H2,1-3H3,(H,21,22)/b20-12+. The van der Waals surface area contributed by atoms with Crippen LogP contribution in [0.15, 0.2) is 53.6 Å². The molecule has 1 amide bonds. The van der Waals surface area contributed by atoms with Gasteiger partial charge < -0.3 is 4.74 Å². The van der Waals surface area contributed by atoms with Crippen LogP contribution in [-0.2, 0) is 0 Å². The molecule has 23 heavy (non-hydrogen) atoms. The third-order valence-corrected chi connectivity index (χ3v) is 3.16. The fourth-order valence-corrected chi connectivity index (χ4v) is 1.85. The molecule has 0 aliphatic rings. The highest BCUT2D eigenvalue weighted by atomic mass is 16.5. The minimum atomic E-state index is -0.247. The Bertz CT molecular complexity index is 659. The van der Waals surface area contributed by atoms with Gasteiger partial charge in [-0.15, -0.1) is 0 Å². The van der Waals surface area contributed by atoms with E-state index in [9.17, 15) is 4.79 Å². The van der Waals surface area contributed by atoms with Gasteiger partial charge in [-0.3, -0.25) is 4.79 Å². The molecular formula is C19H22N2O2. The van der Waals surface area contributed by atoms with E-state index in [1.54, 1.807) is 30.5 Å². The minimum Gasteiger partial charge on any atom is -0.493 e. The van der Waals surface area contributed by atoms with Crippen LogP contribution in [0.25, 0.3) is 0 Å². The number of hydrogen-bond donors (Lipinski definition) is 1. The maximum absolute atomic E-state index is 12.0. The molecule has 4 heteroatoms. The number of amides is 1. The smallest absolute Gasteiger partial charge is 0.271 e. The molecule has 0 saturated carbocycles. The highest BCUT2D eigenvalue weighted by Crippen LogP contribution is 2.13. The van der Waals surface area contributed by atoms with E-state index in [4.69, 9.17) is 4.74 Å². The minimum absolute atomic E-state index is 0.247. The van der Waals surface area contributed by atoms with Crippen molar-refractivity contribution in [1.29, 1.82) is 0 Å². The Morgan fingerprint density at radius 1 is 1.13 bits per heavy atom. The van der Waals surface area contributed by atoms with Gasteiger partial charge in [0.25, 0.3) is 5.91 Å². The van der Waals surface area contributed by atoms with Gasteiger partial charge >= 0.3 is 0 Å². The molecule has 1 N–H and O–H groups in total. The Morgan fingerprint density at radius 2 is 1.78 bits per heavy atom. The number of carbonyl (C=O) groups excluding carboxylic acids is 1. The Hall–Kier alpha value is -2.62. The molecular weight excluding hydrogens is 288 g/mol. The number of aryl methyl sites for hydroxylation is 1. The molecule has 4 nitrogen and oxygen atoms in total. The van der Waals surface area contributed by atoms with E-state index in [0.29, 0.717) is 18.1 Å². The summed E-state index contributed by atoms with van der Waals surface area (Å²) in [5.41, 5.74) is 5.19. The van der Waals surface area contributed by atoms with Gasteiger partial charge in [-0.1, -0.05) is 43.7 Å². The fourth-order valence-electron chi connectivity index (χ4n) is 1.85. The maximum atomic E-state index is 12.0. The number of hydrazone groups is 1. The first kappa shape index (κ1) is 16.7. The highest BCUT2D eigenvalue weighted by molar-refractivity contribution is 5.94. The van der Waals surface area contributed by atoms with E-state index in [1.807, 2.05) is 31.2 Å². The van der Waals surface area contributed by atoms with Crippen LogP contribution in [0.2, 0.25) is 0 Å². The monoisotopic (exact) mass is 310 g/mol. The molecule has 0 radical (unpaired) electrons. The summed E-state index contributed by atoms with van der Waals surface area (Å²) >= 11 is 0. The Morgan fingerprint density at radius 3 is 2.39 bits per heavy atom. The van der Waals surface area contributed by atoms with Gasteiger partial charge in [0.2, 0.25) is 0 Å². The quantitative estimate of drug-likeness (QED) is 0.652. The molecule has 0 aliphatic heterocycles. The zero-order valence-electron chi connectivity index (χ0n) is 13.7. The summed E-state index contributed by atoms with van der Waals surface area (Å²) in [5, 5.41) is 3.97. The van der Waals surface area contributed by atoms with Crippen LogP contribution in [0.5, 0.6) is 5.75 Å². The molecule has 0 saturated heterocycles. The number of nitrogens with zero attached hydrogens (tertiary/aromatic N) is 1. The lowest BCUT2D eigenvalue weighted by molar-refractivity contribution is 0.0955. The van der Waals surface area contributed by atoms with Crippen molar-refractivity contribution >= 4 is 12.1 Å². The molecule has 2 aromatic carbocycles. The summed E-state index contributed by atoms with van der Waals surface area (Å²) in [6, 6.07) is 14.9. The largest absolute Gasteiger partial charge is 0.493 e. The third-order valence-electron chi connectivity index (χ3n) is 3.16. The van der Waals surface area contributed by atoms with Crippen LogP contribution in [0, 0.1) is 12.8 Å². The fraction of sp³-hybridized carbons (Fsp3) is 0.263. The molecule has 0 unspecified atom stereocenters. The second-order valence-electron chi connectivity index (χ2n) is 5.84. The predicted molar refractivity (Wildman–Crippen MR) is 93.0 cm³/mol. The van der Waals surface area contributed by atoms with Crippen molar-refractivity contribution in [2.45, 2.75) is 20.8 Å². The number of nitrogens with one attached hydrogen (secondary N) is 1. The van der Waals surface area contributed by atoms with Crippen LogP contribution in [-0.4, -0.2) is 18.7 Å². The maximum Gasteiger partial charge on any atom is 0.271 e. The van der Waals surface area contributed by atoms with Crippen molar-refractivity contribution in [1.82, 2.24) is 5.43 Å². The topological polar surface area (TPSA) is 50.7 Å². The summed E-state index contributed by atoms with van der Waals surface area (Å²) in [7, 11) is 0. The van der Waals surface area contributed by atoms with Crippen LogP contribution >= 0.6 is 0 Å². The molecule has 0 fully saturated rings. The summed E-state index contributed by atoms with van der Waals surface area (Å²) in [6.07, 6.45) is 1.62. The Labute approximate surface area is 137 Å². The molecule has 120 valence electrons. The van der Waals surface area contributed by atoms with Crippen LogP contribution in [0.4, 0.5) is 0 Å². The summed E-state index contributed by atoms with van der Waals surface area (Å²) in [4.78, 5) is 12.0. The lowest BCUT2D eigenvalue weighted by Gasteiger charge is -2.08. The van der Waals surface area contributed by atoms with E-state index < -0.39 is 0 Å². The van der Waals surface area contributed by atoms with Crippen LogP contribution in [0.1, 0.15) is 35.3 Å². The molecule has 2 aromatic rings.